The fourth-order valence-corrected chi connectivity index (χ4v) is 2.14. The first-order chi connectivity index (χ1) is 10.0. The summed E-state index contributed by atoms with van der Waals surface area (Å²) in [5, 5.41) is 19.1. The summed E-state index contributed by atoms with van der Waals surface area (Å²) in [5.41, 5.74) is 1.39. The van der Waals surface area contributed by atoms with Gasteiger partial charge in [-0.2, -0.15) is 0 Å². The van der Waals surface area contributed by atoms with Crippen LogP contribution >= 0.6 is 0 Å². The van der Waals surface area contributed by atoms with Crippen molar-refractivity contribution >= 4 is 28.9 Å². The fourth-order valence-electron chi connectivity index (χ4n) is 2.14. The lowest BCUT2D eigenvalue weighted by Gasteiger charge is -2.18. The molecule has 0 saturated carbocycles. The van der Waals surface area contributed by atoms with E-state index in [1.165, 1.54) is 12.1 Å². The minimum atomic E-state index is -0.503. The Kier molecular flexibility index (Phi) is 4.36. The predicted octanol–water partition coefficient (Wildman–Crippen LogP) is 1.03. The molecule has 0 bridgehead atoms. The highest BCUT2D eigenvalue weighted by molar-refractivity contribution is 5.95. The summed E-state index contributed by atoms with van der Waals surface area (Å²) in [7, 11) is 0. The number of nitrogens with zero attached hydrogens (tertiary/aromatic N) is 1. The van der Waals surface area contributed by atoms with Crippen LogP contribution in [0, 0.1) is 10.1 Å². The van der Waals surface area contributed by atoms with Crippen molar-refractivity contribution in [3.05, 3.63) is 27.8 Å². The van der Waals surface area contributed by atoms with Gasteiger partial charge in [0.2, 0.25) is 11.8 Å². The molecule has 2 rings (SSSR count). The maximum Gasteiger partial charge on any atom is 0.292 e. The average molecular weight is 292 g/mol. The molecule has 1 heterocycles. The third-order valence-corrected chi connectivity index (χ3v) is 3.13. The van der Waals surface area contributed by atoms with Gasteiger partial charge in [0, 0.05) is 24.7 Å². The normalized spacial score (nSPS) is 13.1. The number of hydrogen-bond donors (Lipinski definition) is 3. The molecule has 0 fully saturated rings. The van der Waals surface area contributed by atoms with Crippen LogP contribution in [0.4, 0.5) is 17.1 Å². The average Bonchev–Trinajstić information content (AvgIpc) is 2.44. The third kappa shape index (κ3) is 3.47. The van der Waals surface area contributed by atoms with Crippen molar-refractivity contribution in [1.29, 1.82) is 0 Å². The first kappa shape index (κ1) is 14.8. The summed E-state index contributed by atoms with van der Waals surface area (Å²) in [4.78, 5) is 33.4. The molecule has 0 atom stereocenters. The van der Waals surface area contributed by atoms with Crippen LogP contribution in [0.1, 0.15) is 18.9 Å². The van der Waals surface area contributed by atoms with Crippen LogP contribution in [0.25, 0.3) is 0 Å². The standard InChI is InChI=1S/C13H16N4O4/c1-2-14-13(19)7-15-10-6-9-8(3-4-12(18)16-9)5-11(10)17(20)21/h5-6,15H,2-4,7H2,1H3,(H,14,19)(H,16,18). The van der Waals surface area contributed by atoms with Gasteiger partial charge in [0.25, 0.3) is 5.69 Å². The molecule has 0 radical (unpaired) electrons. The topological polar surface area (TPSA) is 113 Å². The van der Waals surface area contributed by atoms with Crippen LogP contribution < -0.4 is 16.0 Å². The number of nitro benzene ring substituents is 1. The monoisotopic (exact) mass is 292 g/mol. The molecule has 0 aliphatic carbocycles. The second kappa shape index (κ2) is 6.21. The molecule has 0 unspecified atom stereocenters. The zero-order valence-electron chi connectivity index (χ0n) is 11.6. The molecule has 2 amide bonds. The van der Waals surface area contributed by atoms with Crippen LogP contribution in [0.15, 0.2) is 12.1 Å². The lowest BCUT2D eigenvalue weighted by Crippen LogP contribution is -2.29. The summed E-state index contributed by atoms with van der Waals surface area (Å²) in [6.07, 6.45) is 0.786. The van der Waals surface area contributed by atoms with E-state index in [9.17, 15) is 19.7 Å². The van der Waals surface area contributed by atoms with Gasteiger partial charge in [-0.3, -0.25) is 19.7 Å². The smallest absolute Gasteiger partial charge is 0.292 e. The van der Waals surface area contributed by atoms with E-state index >= 15 is 0 Å². The molecule has 1 aliphatic rings. The lowest BCUT2D eigenvalue weighted by molar-refractivity contribution is -0.384. The summed E-state index contributed by atoms with van der Waals surface area (Å²) >= 11 is 0. The summed E-state index contributed by atoms with van der Waals surface area (Å²) in [5.74, 6) is -0.375. The number of benzene rings is 1. The van der Waals surface area contributed by atoms with Crippen LogP contribution in [0.5, 0.6) is 0 Å². The Morgan fingerprint density at radius 2 is 2.19 bits per heavy atom. The molecule has 0 spiro atoms. The van der Waals surface area contributed by atoms with Crippen molar-refractivity contribution in [1.82, 2.24) is 5.32 Å². The van der Waals surface area contributed by atoms with Crippen LogP contribution in [-0.2, 0) is 16.0 Å². The second-order valence-electron chi connectivity index (χ2n) is 4.64. The van der Waals surface area contributed by atoms with Crippen molar-refractivity contribution in [2.75, 3.05) is 23.7 Å². The third-order valence-electron chi connectivity index (χ3n) is 3.13. The fraction of sp³-hybridized carbons (Fsp3) is 0.385. The summed E-state index contributed by atoms with van der Waals surface area (Å²) in [6.45, 7) is 2.21. The predicted molar refractivity (Wildman–Crippen MR) is 77.2 cm³/mol. The first-order valence-electron chi connectivity index (χ1n) is 6.63. The Balaban J connectivity index is 2.25. The number of likely N-dealkylation sites (N-methyl/N-ethyl adjacent to an activating group) is 1. The second-order valence-corrected chi connectivity index (χ2v) is 4.64. The van der Waals surface area contributed by atoms with Crippen molar-refractivity contribution in [2.24, 2.45) is 0 Å². The largest absolute Gasteiger partial charge is 0.370 e. The van der Waals surface area contributed by atoms with Crippen LogP contribution in [0.2, 0.25) is 0 Å². The van der Waals surface area contributed by atoms with Gasteiger partial charge in [-0.25, -0.2) is 0 Å². The quantitative estimate of drug-likeness (QED) is 0.554. The van der Waals surface area contributed by atoms with Crippen molar-refractivity contribution in [2.45, 2.75) is 19.8 Å². The maximum atomic E-state index is 11.4. The number of nitrogens with one attached hydrogen (secondary N) is 3. The highest BCUT2D eigenvalue weighted by Crippen LogP contribution is 2.33. The highest BCUT2D eigenvalue weighted by atomic mass is 16.6. The Morgan fingerprint density at radius 3 is 2.86 bits per heavy atom. The molecule has 1 aromatic rings. The van der Waals surface area contributed by atoms with E-state index in [0.29, 0.717) is 25.1 Å². The van der Waals surface area contributed by atoms with Gasteiger partial charge in [0.1, 0.15) is 5.69 Å². The number of anilines is 2. The van der Waals surface area contributed by atoms with E-state index < -0.39 is 4.92 Å². The molecular formula is C13H16N4O4. The van der Waals surface area contributed by atoms with E-state index in [-0.39, 0.29) is 29.7 Å². The van der Waals surface area contributed by atoms with Crippen LogP contribution in [-0.4, -0.2) is 29.8 Å². The number of rotatable bonds is 5. The summed E-state index contributed by atoms with van der Waals surface area (Å²) in [6, 6.07) is 2.94. The highest BCUT2D eigenvalue weighted by Gasteiger charge is 2.22. The molecule has 1 aliphatic heterocycles. The zero-order chi connectivity index (χ0) is 15.4. The SMILES string of the molecule is CCNC(=O)CNc1cc2c(cc1[N+](=O)[O-])CCC(=O)N2. The number of amides is 2. The van der Waals surface area contributed by atoms with Gasteiger partial charge in [-0.1, -0.05) is 0 Å². The molecule has 21 heavy (non-hydrogen) atoms. The number of fused-ring (bicyclic) bond motifs is 1. The van der Waals surface area contributed by atoms with Gasteiger partial charge in [0.05, 0.1) is 11.5 Å². The Morgan fingerprint density at radius 1 is 1.43 bits per heavy atom. The molecule has 1 aromatic carbocycles. The van der Waals surface area contributed by atoms with Crippen LogP contribution in [0.3, 0.4) is 0 Å². The molecule has 112 valence electrons. The number of nitro groups is 1. The van der Waals surface area contributed by atoms with E-state index in [1.54, 1.807) is 6.92 Å². The Hall–Kier alpha value is -2.64. The van der Waals surface area contributed by atoms with Gasteiger partial charge in [-0.05, 0) is 25.0 Å². The lowest BCUT2D eigenvalue weighted by atomic mass is 10.0. The minimum absolute atomic E-state index is 0.0680. The molecular weight excluding hydrogens is 276 g/mol. The van der Waals surface area contributed by atoms with Gasteiger partial charge >= 0.3 is 0 Å². The summed E-state index contributed by atoms with van der Waals surface area (Å²) < 4.78 is 0. The molecule has 3 N–H and O–H groups in total. The Bertz CT molecular complexity index is 600. The van der Waals surface area contributed by atoms with E-state index in [2.05, 4.69) is 16.0 Å². The van der Waals surface area contributed by atoms with E-state index in [1.807, 2.05) is 0 Å². The van der Waals surface area contributed by atoms with Gasteiger partial charge in [-0.15, -0.1) is 0 Å². The molecule has 0 aromatic heterocycles. The molecule has 8 heteroatoms. The molecule has 0 saturated heterocycles. The number of aryl methyl sites for hydroxylation is 1. The molecule has 8 nitrogen and oxygen atoms in total. The minimum Gasteiger partial charge on any atom is -0.370 e. The van der Waals surface area contributed by atoms with Gasteiger partial charge in [0.15, 0.2) is 0 Å². The number of hydrogen-bond acceptors (Lipinski definition) is 5. The maximum absolute atomic E-state index is 11.4. The van der Waals surface area contributed by atoms with E-state index in [0.717, 1.165) is 5.56 Å². The van der Waals surface area contributed by atoms with Gasteiger partial charge < -0.3 is 16.0 Å². The number of carbonyl (C=O) groups excluding carboxylic acids is 2. The Labute approximate surface area is 121 Å². The van der Waals surface area contributed by atoms with E-state index in [4.69, 9.17) is 0 Å². The van der Waals surface area contributed by atoms with Crippen molar-refractivity contribution in [3.63, 3.8) is 0 Å². The first-order valence-corrected chi connectivity index (χ1v) is 6.63. The van der Waals surface area contributed by atoms with Crippen molar-refractivity contribution < 1.29 is 14.5 Å². The number of carbonyl (C=O) groups is 2. The zero-order valence-corrected chi connectivity index (χ0v) is 11.6. The van der Waals surface area contributed by atoms with Crippen molar-refractivity contribution in [3.8, 4) is 0 Å².